The zero-order valence-corrected chi connectivity index (χ0v) is 9.65. The first-order chi connectivity index (χ1) is 8.34. The van der Waals surface area contributed by atoms with Crippen molar-refractivity contribution in [2.45, 2.75) is 19.3 Å². The third-order valence-electron chi connectivity index (χ3n) is 3.26. The predicted octanol–water partition coefficient (Wildman–Crippen LogP) is 1.91. The molecule has 1 aromatic heterocycles. The number of aromatic amines is 1. The van der Waals surface area contributed by atoms with Crippen molar-refractivity contribution in [1.82, 2.24) is 9.97 Å². The van der Waals surface area contributed by atoms with Gasteiger partial charge in [-0.2, -0.15) is 0 Å². The standard InChI is InChI=1S/C13H15N3O/c17-12-10-6-2-3-7-11(10)14-13(15-12)16-8-4-1-5-9-16/h2-3,6-7H,1,4-5,8-9H2,(H,14,15,17). The van der Waals surface area contributed by atoms with E-state index in [1.807, 2.05) is 18.2 Å². The van der Waals surface area contributed by atoms with E-state index in [0.717, 1.165) is 18.6 Å². The number of nitrogens with zero attached hydrogens (tertiary/aromatic N) is 2. The number of benzene rings is 1. The van der Waals surface area contributed by atoms with Crippen molar-refractivity contribution in [2.75, 3.05) is 18.0 Å². The lowest BCUT2D eigenvalue weighted by Gasteiger charge is -2.27. The summed E-state index contributed by atoms with van der Waals surface area (Å²) < 4.78 is 0. The lowest BCUT2D eigenvalue weighted by atomic mass is 10.1. The smallest absolute Gasteiger partial charge is 0.260 e. The number of aromatic nitrogens is 2. The average molecular weight is 229 g/mol. The van der Waals surface area contributed by atoms with Crippen LogP contribution in [0.1, 0.15) is 19.3 Å². The molecule has 4 heteroatoms. The van der Waals surface area contributed by atoms with Crippen LogP contribution < -0.4 is 10.5 Å². The molecule has 3 rings (SSSR count). The number of hydrogen-bond acceptors (Lipinski definition) is 3. The molecule has 2 heterocycles. The van der Waals surface area contributed by atoms with Crippen LogP contribution in [0.25, 0.3) is 10.9 Å². The second kappa shape index (κ2) is 4.20. The van der Waals surface area contributed by atoms with Crippen molar-refractivity contribution in [2.24, 2.45) is 0 Å². The number of nitrogens with one attached hydrogen (secondary N) is 1. The third kappa shape index (κ3) is 1.90. The van der Waals surface area contributed by atoms with E-state index >= 15 is 0 Å². The van der Waals surface area contributed by atoms with E-state index in [-0.39, 0.29) is 5.56 Å². The van der Waals surface area contributed by atoms with Gasteiger partial charge in [0.1, 0.15) is 0 Å². The summed E-state index contributed by atoms with van der Waals surface area (Å²) in [7, 11) is 0. The van der Waals surface area contributed by atoms with Crippen molar-refractivity contribution in [3.63, 3.8) is 0 Å². The van der Waals surface area contributed by atoms with Crippen LogP contribution in [-0.4, -0.2) is 23.1 Å². The molecule has 17 heavy (non-hydrogen) atoms. The molecule has 1 aliphatic heterocycles. The summed E-state index contributed by atoms with van der Waals surface area (Å²) in [5.74, 6) is 0.716. The van der Waals surface area contributed by atoms with E-state index in [1.165, 1.54) is 19.3 Å². The minimum absolute atomic E-state index is 0.0452. The van der Waals surface area contributed by atoms with E-state index < -0.39 is 0 Å². The summed E-state index contributed by atoms with van der Waals surface area (Å²) in [4.78, 5) is 21.5. The monoisotopic (exact) mass is 229 g/mol. The molecule has 1 aliphatic rings. The fourth-order valence-electron chi connectivity index (χ4n) is 2.33. The Balaban J connectivity index is 2.08. The Morgan fingerprint density at radius 3 is 2.71 bits per heavy atom. The van der Waals surface area contributed by atoms with E-state index in [4.69, 9.17) is 0 Å². The molecule has 1 fully saturated rings. The second-order valence-corrected chi connectivity index (χ2v) is 4.45. The van der Waals surface area contributed by atoms with Gasteiger partial charge >= 0.3 is 0 Å². The molecule has 0 spiro atoms. The maximum absolute atomic E-state index is 11.9. The highest BCUT2D eigenvalue weighted by Crippen LogP contribution is 2.16. The van der Waals surface area contributed by atoms with Gasteiger partial charge in [-0.05, 0) is 31.4 Å². The molecular weight excluding hydrogens is 214 g/mol. The summed E-state index contributed by atoms with van der Waals surface area (Å²) in [6.45, 7) is 1.97. The summed E-state index contributed by atoms with van der Waals surface area (Å²) in [5.41, 5.74) is 0.730. The first-order valence-electron chi connectivity index (χ1n) is 6.08. The molecule has 1 aromatic carbocycles. The van der Waals surface area contributed by atoms with Gasteiger partial charge < -0.3 is 4.90 Å². The van der Waals surface area contributed by atoms with Gasteiger partial charge in [0.15, 0.2) is 0 Å². The summed E-state index contributed by atoms with van der Waals surface area (Å²) in [5, 5.41) is 0.660. The lowest BCUT2D eigenvalue weighted by Crippen LogP contribution is -2.32. The quantitative estimate of drug-likeness (QED) is 0.812. The summed E-state index contributed by atoms with van der Waals surface area (Å²) in [6.07, 6.45) is 3.63. The highest BCUT2D eigenvalue weighted by Gasteiger charge is 2.13. The van der Waals surface area contributed by atoms with Gasteiger partial charge in [0.05, 0.1) is 10.9 Å². The van der Waals surface area contributed by atoms with Crippen molar-refractivity contribution in [3.8, 4) is 0 Å². The Bertz CT molecular complexity index is 584. The van der Waals surface area contributed by atoms with E-state index in [0.29, 0.717) is 11.3 Å². The number of hydrogen-bond donors (Lipinski definition) is 1. The molecule has 0 atom stereocenters. The molecule has 0 aliphatic carbocycles. The molecule has 1 N–H and O–H groups in total. The number of H-pyrrole nitrogens is 1. The minimum atomic E-state index is -0.0452. The van der Waals surface area contributed by atoms with Crippen LogP contribution in [0, 0.1) is 0 Å². The normalized spacial score (nSPS) is 16.4. The molecule has 0 unspecified atom stereocenters. The highest BCUT2D eigenvalue weighted by atomic mass is 16.1. The maximum atomic E-state index is 11.9. The Morgan fingerprint density at radius 1 is 1.12 bits per heavy atom. The molecule has 1 saturated heterocycles. The van der Waals surface area contributed by atoms with Crippen LogP contribution >= 0.6 is 0 Å². The highest BCUT2D eigenvalue weighted by molar-refractivity contribution is 5.78. The zero-order valence-electron chi connectivity index (χ0n) is 9.65. The molecule has 2 aromatic rings. The van der Waals surface area contributed by atoms with Crippen LogP contribution in [-0.2, 0) is 0 Å². The zero-order chi connectivity index (χ0) is 11.7. The molecule has 0 bridgehead atoms. The number of fused-ring (bicyclic) bond motifs is 1. The molecule has 0 radical (unpaired) electrons. The van der Waals surface area contributed by atoms with Crippen LogP contribution in [0.3, 0.4) is 0 Å². The number of para-hydroxylation sites is 1. The van der Waals surface area contributed by atoms with Crippen molar-refractivity contribution >= 4 is 16.9 Å². The van der Waals surface area contributed by atoms with Gasteiger partial charge in [-0.25, -0.2) is 4.98 Å². The maximum Gasteiger partial charge on any atom is 0.260 e. The first kappa shape index (κ1) is 10.3. The number of anilines is 1. The number of piperidine rings is 1. The van der Waals surface area contributed by atoms with E-state index in [1.54, 1.807) is 6.07 Å². The van der Waals surface area contributed by atoms with Crippen LogP contribution in [0.2, 0.25) is 0 Å². The van der Waals surface area contributed by atoms with Gasteiger partial charge in [0.2, 0.25) is 5.95 Å². The van der Waals surface area contributed by atoms with Crippen molar-refractivity contribution in [3.05, 3.63) is 34.6 Å². The SMILES string of the molecule is O=c1[nH]c(N2CCCCC2)nc2ccccc12. The van der Waals surface area contributed by atoms with Crippen molar-refractivity contribution in [1.29, 1.82) is 0 Å². The topological polar surface area (TPSA) is 49.0 Å². The van der Waals surface area contributed by atoms with Gasteiger partial charge in [-0.3, -0.25) is 9.78 Å². The minimum Gasteiger partial charge on any atom is -0.342 e. The largest absolute Gasteiger partial charge is 0.342 e. The average Bonchev–Trinajstić information content (AvgIpc) is 2.40. The van der Waals surface area contributed by atoms with E-state index in [9.17, 15) is 4.79 Å². The summed E-state index contributed by atoms with van der Waals surface area (Å²) >= 11 is 0. The third-order valence-corrected chi connectivity index (χ3v) is 3.26. The van der Waals surface area contributed by atoms with E-state index in [2.05, 4.69) is 14.9 Å². The molecule has 0 amide bonds. The molecule has 4 nitrogen and oxygen atoms in total. The van der Waals surface area contributed by atoms with Gasteiger partial charge in [0, 0.05) is 13.1 Å². The Labute approximate surface area is 99.3 Å². The summed E-state index contributed by atoms with van der Waals surface area (Å²) in [6, 6.07) is 7.47. The van der Waals surface area contributed by atoms with Gasteiger partial charge in [-0.15, -0.1) is 0 Å². The van der Waals surface area contributed by atoms with Gasteiger partial charge in [-0.1, -0.05) is 12.1 Å². The van der Waals surface area contributed by atoms with Crippen molar-refractivity contribution < 1.29 is 0 Å². The Hall–Kier alpha value is -1.84. The predicted molar refractivity (Wildman–Crippen MR) is 68.4 cm³/mol. The molecule has 88 valence electrons. The second-order valence-electron chi connectivity index (χ2n) is 4.45. The lowest BCUT2D eigenvalue weighted by molar-refractivity contribution is 0.568. The van der Waals surface area contributed by atoms with Crippen LogP contribution in [0.15, 0.2) is 29.1 Å². The fourth-order valence-corrected chi connectivity index (χ4v) is 2.33. The molecule has 0 saturated carbocycles. The first-order valence-corrected chi connectivity index (χ1v) is 6.08. The van der Waals surface area contributed by atoms with Crippen LogP contribution in [0.4, 0.5) is 5.95 Å². The number of rotatable bonds is 1. The Morgan fingerprint density at radius 2 is 1.88 bits per heavy atom. The molecular formula is C13H15N3O. The van der Waals surface area contributed by atoms with Gasteiger partial charge in [0.25, 0.3) is 5.56 Å². The fraction of sp³-hybridized carbons (Fsp3) is 0.385. The van der Waals surface area contributed by atoms with Crippen LogP contribution in [0.5, 0.6) is 0 Å². The Kier molecular flexibility index (Phi) is 2.55.